The first-order valence-electron chi connectivity index (χ1n) is 11.8. The molecule has 2 fully saturated rings. The van der Waals surface area contributed by atoms with Gasteiger partial charge in [0, 0.05) is 68.1 Å². The number of amides is 1. The number of fused-ring (bicyclic) bond motifs is 1. The van der Waals surface area contributed by atoms with Crippen LogP contribution in [0.15, 0.2) is 63.0 Å². The summed E-state index contributed by atoms with van der Waals surface area (Å²) in [6, 6.07) is 11.5. The molecule has 1 N–H and O–H groups in total. The molecule has 5 rings (SSSR count). The first-order chi connectivity index (χ1) is 16.6. The standard InChI is InChI=1S/C26H28N4O4/c27-17-19-15-20(28-25(31)22-16-18-3-1-2-4-24(18)34-26(22)32)5-6-23(19)30-11-9-29(10-12-30)21-7-13-33-14-8-21/h1-5,15-16,21,23H,6-14H2,(H,28,31). The summed E-state index contributed by atoms with van der Waals surface area (Å²) in [7, 11) is 0. The van der Waals surface area contributed by atoms with Crippen LogP contribution < -0.4 is 10.9 Å². The number of rotatable bonds is 4. The molecule has 2 aromatic rings. The van der Waals surface area contributed by atoms with Gasteiger partial charge in [-0.1, -0.05) is 24.3 Å². The molecule has 34 heavy (non-hydrogen) atoms. The van der Waals surface area contributed by atoms with Crippen molar-refractivity contribution in [1.82, 2.24) is 15.1 Å². The molecule has 3 aliphatic rings. The van der Waals surface area contributed by atoms with E-state index in [4.69, 9.17) is 9.15 Å². The molecule has 1 amide bonds. The van der Waals surface area contributed by atoms with Gasteiger partial charge >= 0.3 is 5.63 Å². The summed E-state index contributed by atoms with van der Waals surface area (Å²) in [5.74, 6) is -0.539. The highest BCUT2D eigenvalue weighted by Crippen LogP contribution is 2.25. The Morgan fingerprint density at radius 1 is 1.09 bits per heavy atom. The smallest absolute Gasteiger partial charge is 0.349 e. The molecule has 0 radical (unpaired) electrons. The van der Waals surface area contributed by atoms with E-state index in [-0.39, 0.29) is 11.6 Å². The van der Waals surface area contributed by atoms with Crippen LogP contribution in [-0.4, -0.2) is 67.2 Å². The van der Waals surface area contributed by atoms with Crippen LogP contribution in [0, 0.1) is 11.3 Å². The van der Waals surface area contributed by atoms with Crippen LogP contribution in [0.1, 0.15) is 29.6 Å². The zero-order valence-electron chi connectivity index (χ0n) is 19.0. The van der Waals surface area contributed by atoms with E-state index in [2.05, 4.69) is 21.2 Å². The van der Waals surface area contributed by atoms with Crippen LogP contribution >= 0.6 is 0 Å². The fraction of sp³-hybridized carbons (Fsp3) is 0.423. The molecule has 2 aliphatic heterocycles. The average Bonchev–Trinajstić information content (AvgIpc) is 2.88. The fourth-order valence-electron chi connectivity index (χ4n) is 5.11. The number of ether oxygens (including phenoxy) is 1. The number of nitriles is 1. The molecular weight excluding hydrogens is 432 g/mol. The van der Waals surface area contributed by atoms with Crippen molar-refractivity contribution >= 4 is 16.9 Å². The summed E-state index contributed by atoms with van der Waals surface area (Å²) in [5, 5.41) is 13.3. The van der Waals surface area contributed by atoms with Crippen LogP contribution in [-0.2, 0) is 4.74 Å². The Hall–Kier alpha value is -3.25. The molecule has 0 saturated carbocycles. The molecule has 8 nitrogen and oxygen atoms in total. The van der Waals surface area contributed by atoms with Gasteiger partial charge in [0.05, 0.1) is 6.07 Å². The zero-order chi connectivity index (χ0) is 23.5. The summed E-state index contributed by atoms with van der Waals surface area (Å²) in [6.45, 7) is 5.49. The van der Waals surface area contributed by atoms with Gasteiger partial charge in [-0.05, 0) is 37.5 Å². The highest BCUT2D eigenvalue weighted by molar-refractivity contribution is 5.97. The third-order valence-corrected chi connectivity index (χ3v) is 7.00. The van der Waals surface area contributed by atoms with Crippen molar-refractivity contribution in [3.8, 4) is 6.07 Å². The summed E-state index contributed by atoms with van der Waals surface area (Å²) in [6.07, 6.45) is 6.47. The molecule has 1 unspecified atom stereocenters. The third kappa shape index (κ3) is 4.68. The van der Waals surface area contributed by atoms with Gasteiger partial charge in [0.25, 0.3) is 5.91 Å². The molecule has 176 valence electrons. The Bertz CT molecular complexity index is 1230. The number of nitrogens with one attached hydrogen (secondary N) is 1. The van der Waals surface area contributed by atoms with Crippen molar-refractivity contribution < 1.29 is 13.9 Å². The van der Waals surface area contributed by atoms with Gasteiger partial charge in [0.1, 0.15) is 11.1 Å². The lowest BCUT2D eigenvalue weighted by atomic mass is 9.95. The molecule has 1 aliphatic carbocycles. The number of allylic oxidation sites excluding steroid dienone is 1. The minimum Gasteiger partial charge on any atom is -0.422 e. The molecule has 3 heterocycles. The Kier molecular flexibility index (Phi) is 6.59. The predicted octanol–water partition coefficient (Wildman–Crippen LogP) is 2.43. The molecule has 0 spiro atoms. The first-order valence-corrected chi connectivity index (χ1v) is 11.8. The van der Waals surface area contributed by atoms with Gasteiger partial charge in [0.15, 0.2) is 0 Å². The number of carbonyl (C=O) groups is 1. The van der Waals surface area contributed by atoms with E-state index in [1.54, 1.807) is 24.3 Å². The van der Waals surface area contributed by atoms with Crippen LogP contribution in [0.3, 0.4) is 0 Å². The maximum atomic E-state index is 12.8. The van der Waals surface area contributed by atoms with E-state index in [0.717, 1.165) is 52.2 Å². The van der Waals surface area contributed by atoms with Crippen molar-refractivity contribution in [3.63, 3.8) is 0 Å². The predicted molar refractivity (Wildman–Crippen MR) is 127 cm³/mol. The largest absolute Gasteiger partial charge is 0.422 e. The first kappa shape index (κ1) is 22.5. The SMILES string of the molecule is N#CC1=CC(NC(=O)c2cc3ccccc3oc2=O)=CCC1N1CCN(C2CCOCC2)CC1. The number of benzene rings is 1. The van der Waals surface area contributed by atoms with Gasteiger partial charge in [-0.3, -0.25) is 14.6 Å². The van der Waals surface area contributed by atoms with Gasteiger partial charge in [-0.2, -0.15) is 5.26 Å². The number of carbonyl (C=O) groups excluding carboxylic acids is 1. The van der Waals surface area contributed by atoms with Gasteiger partial charge in [0.2, 0.25) is 0 Å². The van der Waals surface area contributed by atoms with E-state index in [1.807, 2.05) is 12.1 Å². The number of para-hydroxylation sites is 1. The minimum atomic E-state index is -0.683. The topological polar surface area (TPSA) is 98.8 Å². The molecule has 8 heteroatoms. The quantitative estimate of drug-likeness (QED) is 0.700. The Balaban J connectivity index is 1.23. The van der Waals surface area contributed by atoms with Crippen molar-refractivity contribution in [2.75, 3.05) is 39.4 Å². The Labute approximate surface area is 198 Å². The molecule has 1 aromatic heterocycles. The van der Waals surface area contributed by atoms with Gasteiger partial charge in [-0.25, -0.2) is 4.79 Å². The molecule has 1 atom stereocenters. The van der Waals surface area contributed by atoms with Gasteiger partial charge in [-0.15, -0.1) is 0 Å². The summed E-state index contributed by atoms with van der Waals surface area (Å²) in [5.41, 5.74) is 0.858. The van der Waals surface area contributed by atoms with Crippen molar-refractivity contribution in [2.45, 2.75) is 31.3 Å². The number of nitrogens with zero attached hydrogens (tertiary/aromatic N) is 3. The zero-order valence-corrected chi connectivity index (χ0v) is 19.0. The second-order valence-corrected chi connectivity index (χ2v) is 8.98. The van der Waals surface area contributed by atoms with Gasteiger partial charge < -0.3 is 14.5 Å². The lowest BCUT2D eigenvalue weighted by Crippen LogP contribution is -2.54. The average molecular weight is 461 g/mol. The lowest BCUT2D eigenvalue weighted by molar-refractivity contribution is 0.00935. The minimum absolute atomic E-state index is 0.00762. The van der Waals surface area contributed by atoms with Crippen LogP contribution in [0.2, 0.25) is 0 Å². The normalized spacial score (nSPS) is 22.6. The Morgan fingerprint density at radius 3 is 2.59 bits per heavy atom. The summed E-state index contributed by atoms with van der Waals surface area (Å²) < 4.78 is 10.8. The van der Waals surface area contributed by atoms with Crippen molar-refractivity contribution in [3.05, 3.63) is 69.7 Å². The molecule has 1 aromatic carbocycles. The fourth-order valence-corrected chi connectivity index (χ4v) is 5.11. The second kappa shape index (κ2) is 9.94. The van der Waals surface area contributed by atoms with Crippen LogP contribution in [0.5, 0.6) is 0 Å². The van der Waals surface area contributed by atoms with E-state index in [9.17, 15) is 14.9 Å². The molecular formula is C26H28N4O4. The van der Waals surface area contributed by atoms with E-state index >= 15 is 0 Å². The van der Waals surface area contributed by atoms with Crippen LogP contribution in [0.4, 0.5) is 0 Å². The number of piperazine rings is 1. The Morgan fingerprint density at radius 2 is 1.82 bits per heavy atom. The van der Waals surface area contributed by atoms with Crippen LogP contribution in [0.25, 0.3) is 11.0 Å². The molecule has 2 saturated heterocycles. The number of hydrogen-bond donors (Lipinski definition) is 1. The van der Waals surface area contributed by atoms with Crippen molar-refractivity contribution in [1.29, 1.82) is 5.26 Å². The highest BCUT2D eigenvalue weighted by Gasteiger charge is 2.31. The summed E-state index contributed by atoms with van der Waals surface area (Å²) >= 11 is 0. The van der Waals surface area contributed by atoms with E-state index in [1.165, 1.54) is 6.07 Å². The summed E-state index contributed by atoms with van der Waals surface area (Å²) in [4.78, 5) is 30.0. The highest BCUT2D eigenvalue weighted by atomic mass is 16.5. The monoisotopic (exact) mass is 460 g/mol. The van der Waals surface area contributed by atoms with E-state index in [0.29, 0.717) is 34.7 Å². The van der Waals surface area contributed by atoms with E-state index < -0.39 is 11.5 Å². The maximum absolute atomic E-state index is 12.8. The maximum Gasteiger partial charge on any atom is 0.349 e. The van der Waals surface area contributed by atoms with Crippen molar-refractivity contribution in [2.24, 2.45) is 0 Å². The second-order valence-electron chi connectivity index (χ2n) is 8.98. The molecule has 0 bridgehead atoms. The third-order valence-electron chi connectivity index (χ3n) is 7.00. The lowest BCUT2D eigenvalue weighted by Gasteiger charge is -2.43. The number of hydrogen-bond acceptors (Lipinski definition) is 7.